The summed E-state index contributed by atoms with van der Waals surface area (Å²) in [6, 6.07) is 8.70. The van der Waals surface area contributed by atoms with Crippen molar-refractivity contribution in [3.05, 3.63) is 64.5 Å². The highest BCUT2D eigenvalue weighted by Gasteiger charge is 2.23. The van der Waals surface area contributed by atoms with E-state index in [1.165, 1.54) is 29.5 Å². The summed E-state index contributed by atoms with van der Waals surface area (Å²) in [4.78, 5) is 15.5. The van der Waals surface area contributed by atoms with Crippen molar-refractivity contribution in [1.29, 1.82) is 0 Å². The zero-order valence-electron chi connectivity index (χ0n) is 15.7. The van der Waals surface area contributed by atoms with E-state index in [4.69, 9.17) is 4.74 Å². The first-order valence-electron chi connectivity index (χ1n) is 10.1. The van der Waals surface area contributed by atoms with Gasteiger partial charge in [0.2, 0.25) is 0 Å². The van der Waals surface area contributed by atoms with Gasteiger partial charge in [-0.1, -0.05) is 18.2 Å². The van der Waals surface area contributed by atoms with Gasteiger partial charge < -0.3 is 9.84 Å². The van der Waals surface area contributed by atoms with Crippen LogP contribution in [0.1, 0.15) is 76.6 Å². The van der Waals surface area contributed by atoms with E-state index in [-0.39, 0.29) is 0 Å². The normalized spacial score (nSPS) is 20.2. The Morgan fingerprint density at radius 3 is 2.85 bits per heavy atom. The predicted octanol–water partition coefficient (Wildman–Crippen LogP) is 4.73. The number of benzene rings is 1. The zero-order chi connectivity index (χ0) is 18.6. The Bertz CT molecular complexity index is 811. The van der Waals surface area contributed by atoms with E-state index in [0.29, 0.717) is 17.4 Å². The first-order valence-corrected chi connectivity index (χ1v) is 10.1. The lowest BCUT2D eigenvalue weighted by atomic mass is 9.78. The zero-order valence-corrected chi connectivity index (χ0v) is 15.7. The smallest absolute Gasteiger partial charge is 0.336 e. The number of aromatic nitrogens is 1. The number of hydrogen-bond acceptors (Lipinski definition) is 3. The number of aromatic carboxylic acids is 1. The first-order chi connectivity index (χ1) is 13.2. The van der Waals surface area contributed by atoms with Crippen molar-refractivity contribution in [2.24, 2.45) is 0 Å². The number of fused-ring (bicyclic) bond motifs is 1. The van der Waals surface area contributed by atoms with E-state index >= 15 is 0 Å². The summed E-state index contributed by atoms with van der Waals surface area (Å²) in [6.45, 7) is 1.75. The van der Waals surface area contributed by atoms with Gasteiger partial charge in [-0.3, -0.25) is 4.98 Å². The molecule has 0 spiro atoms. The molecular weight excluding hydrogens is 338 g/mol. The van der Waals surface area contributed by atoms with Gasteiger partial charge in [0.15, 0.2) is 0 Å². The second-order valence-electron chi connectivity index (χ2n) is 7.81. The molecule has 1 aliphatic carbocycles. The monoisotopic (exact) mass is 365 g/mol. The molecule has 1 aromatic carbocycles. The summed E-state index contributed by atoms with van der Waals surface area (Å²) < 4.78 is 5.50. The lowest BCUT2D eigenvalue weighted by Crippen LogP contribution is -2.16. The van der Waals surface area contributed by atoms with Crippen molar-refractivity contribution in [3.63, 3.8) is 0 Å². The Morgan fingerprint density at radius 1 is 1.19 bits per heavy atom. The molecule has 4 nitrogen and oxygen atoms in total. The van der Waals surface area contributed by atoms with E-state index in [9.17, 15) is 9.90 Å². The molecule has 1 aromatic heterocycles. The van der Waals surface area contributed by atoms with Crippen molar-refractivity contribution in [2.45, 2.75) is 56.8 Å². The average Bonchev–Trinajstić information content (AvgIpc) is 2.72. The number of pyridine rings is 1. The summed E-state index contributed by atoms with van der Waals surface area (Å²) in [6.07, 6.45) is 10.8. The van der Waals surface area contributed by atoms with Crippen LogP contribution in [-0.2, 0) is 17.6 Å². The topological polar surface area (TPSA) is 59.4 Å². The fourth-order valence-electron chi connectivity index (χ4n) is 4.68. The fraction of sp³-hybridized carbons (Fsp3) is 0.478. The van der Waals surface area contributed by atoms with Crippen LogP contribution in [0.5, 0.6) is 0 Å². The van der Waals surface area contributed by atoms with Crippen LogP contribution >= 0.6 is 0 Å². The molecule has 2 aromatic rings. The third-order valence-electron chi connectivity index (χ3n) is 6.19. The summed E-state index contributed by atoms with van der Waals surface area (Å²) >= 11 is 0. The van der Waals surface area contributed by atoms with Crippen LogP contribution < -0.4 is 0 Å². The van der Waals surface area contributed by atoms with E-state index < -0.39 is 5.97 Å². The molecule has 4 rings (SSSR count). The van der Waals surface area contributed by atoms with Crippen molar-refractivity contribution in [3.8, 4) is 0 Å². The number of aryl methyl sites for hydroxylation is 2. The van der Waals surface area contributed by atoms with Gasteiger partial charge in [0.05, 0.1) is 5.56 Å². The number of nitrogens with zero attached hydrogens (tertiary/aromatic N) is 1. The van der Waals surface area contributed by atoms with Crippen molar-refractivity contribution < 1.29 is 14.6 Å². The van der Waals surface area contributed by atoms with Crippen LogP contribution in [0.3, 0.4) is 0 Å². The number of carboxylic acid groups (broad SMARTS) is 1. The van der Waals surface area contributed by atoms with Crippen LogP contribution in [0.25, 0.3) is 0 Å². The Hall–Kier alpha value is -2.20. The first kappa shape index (κ1) is 18.2. The molecule has 2 aliphatic rings. The molecule has 1 fully saturated rings. The summed E-state index contributed by atoms with van der Waals surface area (Å²) in [5.74, 6) is 0.287. The van der Waals surface area contributed by atoms with Gasteiger partial charge in [0.1, 0.15) is 0 Å². The highest BCUT2D eigenvalue weighted by Crippen LogP contribution is 2.37. The largest absolute Gasteiger partial charge is 0.478 e. The molecule has 0 radical (unpaired) electrons. The minimum absolute atomic E-state index is 0.385. The van der Waals surface area contributed by atoms with Crippen LogP contribution in [0, 0.1) is 0 Å². The maximum Gasteiger partial charge on any atom is 0.336 e. The molecule has 1 unspecified atom stereocenters. The quantitative estimate of drug-likeness (QED) is 0.832. The van der Waals surface area contributed by atoms with Gasteiger partial charge in [0, 0.05) is 25.6 Å². The van der Waals surface area contributed by atoms with E-state index in [1.54, 1.807) is 18.5 Å². The van der Waals surface area contributed by atoms with Gasteiger partial charge in [-0.2, -0.15) is 0 Å². The van der Waals surface area contributed by atoms with Gasteiger partial charge in [-0.05, 0) is 85.1 Å². The third kappa shape index (κ3) is 4.06. The molecule has 1 atom stereocenters. The SMILES string of the molecule is O=C(O)c1ccncc1CCC1CCCc2cc(C3CCOCC3)ccc21. The van der Waals surface area contributed by atoms with Crippen LogP contribution in [0.4, 0.5) is 0 Å². The Morgan fingerprint density at radius 2 is 2.04 bits per heavy atom. The predicted molar refractivity (Wildman–Crippen MR) is 104 cm³/mol. The molecule has 0 bridgehead atoms. The van der Waals surface area contributed by atoms with Crippen LogP contribution in [0.2, 0.25) is 0 Å². The minimum Gasteiger partial charge on any atom is -0.478 e. The van der Waals surface area contributed by atoms with Gasteiger partial charge in [0.25, 0.3) is 0 Å². The summed E-state index contributed by atoms with van der Waals surface area (Å²) in [5.41, 5.74) is 5.67. The van der Waals surface area contributed by atoms with E-state index in [1.807, 2.05) is 0 Å². The average molecular weight is 365 g/mol. The standard InChI is InChI=1S/C23H27NO3/c25-23(26)22-8-11-24-15-20(22)5-4-17-2-1-3-19-14-18(6-7-21(17)19)16-9-12-27-13-10-16/h6-8,11,14-17H,1-5,9-10,12-13H2,(H,25,26). The molecule has 1 N–H and O–H groups in total. The lowest BCUT2D eigenvalue weighted by molar-refractivity contribution is 0.0695. The highest BCUT2D eigenvalue weighted by atomic mass is 16.5. The van der Waals surface area contributed by atoms with Crippen molar-refractivity contribution in [2.75, 3.05) is 13.2 Å². The van der Waals surface area contributed by atoms with E-state index in [0.717, 1.165) is 50.9 Å². The molecule has 142 valence electrons. The lowest BCUT2D eigenvalue weighted by Gasteiger charge is -2.28. The maximum absolute atomic E-state index is 11.4. The highest BCUT2D eigenvalue weighted by molar-refractivity contribution is 5.89. The number of carboxylic acids is 1. The van der Waals surface area contributed by atoms with Crippen LogP contribution in [0.15, 0.2) is 36.7 Å². The molecule has 0 amide bonds. The van der Waals surface area contributed by atoms with Crippen LogP contribution in [-0.4, -0.2) is 29.3 Å². The molecule has 1 aliphatic heterocycles. The number of ether oxygens (including phenoxy) is 1. The van der Waals surface area contributed by atoms with E-state index in [2.05, 4.69) is 23.2 Å². The summed E-state index contributed by atoms with van der Waals surface area (Å²) in [7, 11) is 0. The Labute approximate surface area is 160 Å². The fourth-order valence-corrected chi connectivity index (χ4v) is 4.68. The van der Waals surface area contributed by atoms with Crippen molar-refractivity contribution in [1.82, 2.24) is 4.98 Å². The molecule has 27 heavy (non-hydrogen) atoms. The molecule has 2 heterocycles. The Balaban J connectivity index is 1.49. The molecular formula is C23H27NO3. The number of rotatable bonds is 5. The molecule has 4 heteroatoms. The second-order valence-corrected chi connectivity index (χ2v) is 7.81. The van der Waals surface area contributed by atoms with Gasteiger partial charge >= 0.3 is 5.97 Å². The number of carbonyl (C=O) groups is 1. The molecule has 1 saturated heterocycles. The second kappa shape index (κ2) is 8.22. The van der Waals surface area contributed by atoms with Gasteiger partial charge in [-0.25, -0.2) is 4.79 Å². The summed E-state index contributed by atoms with van der Waals surface area (Å²) in [5, 5.41) is 9.38. The maximum atomic E-state index is 11.4. The van der Waals surface area contributed by atoms with Gasteiger partial charge in [-0.15, -0.1) is 0 Å². The number of hydrogen-bond donors (Lipinski definition) is 1. The minimum atomic E-state index is -0.863. The Kier molecular flexibility index (Phi) is 5.53. The third-order valence-corrected chi connectivity index (χ3v) is 6.19. The molecule has 0 saturated carbocycles. The van der Waals surface area contributed by atoms with Crippen molar-refractivity contribution >= 4 is 5.97 Å².